The van der Waals surface area contributed by atoms with Crippen molar-refractivity contribution < 1.29 is 19.1 Å². The van der Waals surface area contributed by atoms with E-state index in [1.807, 2.05) is 6.07 Å². The fourth-order valence-corrected chi connectivity index (χ4v) is 1.78. The molecule has 3 N–H and O–H groups in total. The largest absolute Gasteiger partial charge is 0.387 e. The van der Waals surface area contributed by atoms with E-state index in [0.717, 1.165) is 0 Å². The molecule has 5 nitrogen and oxygen atoms in total. The van der Waals surface area contributed by atoms with Crippen molar-refractivity contribution in [1.82, 2.24) is 5.32 Å². The third kappa shape index (κ3) is 4.39. The Labute approximate surface area is 126 Å². The topological polar surface area (TPSA) is 78.4 Å². The van der Waals surface area contributed by atoms with Crippen LogP contribution in [0.5, 0.6) is 0 Å². The van der Waals surface area contributed by atoms with Gasteiger partial charge in [-0.05, 0) is 29.8 Å². The molecule has 0 aliphatic rings. The third-order valence-electron chi connectivity index (χ3n) is 2.95. The van der Waals surface area contributed by atoms with Crippen LogP contribution in [0.15, 0.2) is 54.6 Å². The van der Waals surface area contributed by atoms with Gasteiger partial charge >= 0.3 is 11.8 Å². The van der Waals surface area contributed by atoms with Gasteiger partial charge in [-0.15, -0.1) is 0 Å². The maximum absolute atomic E-state index is 12.7. The molecular weight excluding hydrogens is 287 g/mol. The summed E-state index contributed by atoms with van der Waals surface area (Å²) in [5.41, 5.74) is 0.951. The minimum atomic E-state index is -0.899. The lowest BCUT2D eigenvalue weighted by Crippen LogP contribution is -2.37. The zero-order valence-electron chi connectivity index (χ0n) is 11.6. The summed E-state index contributed by atoms with van der Waals surface area (Å²) in [6, 6.07) is 13.8. The number of anilines is 1. The molecule has 22 heavy (non-hydrogen) atoms. The number of aliphatic hydroxyl groups excluding tert-OH is 1. The summed E-state index contributed by atoms with van der Waals surface area (Å²) >= 11 is 0. The lowest BCUT2D eigenvalue weighted by Gasteiger charge is -2.12. The lowest BCUT2D eigenvalue weighted by atomic mass is 10.1. The number of carbonyl (C=O) groups is 2. The summed E-state index contributed by atoms with van der Waals surface area (Å²) in [4.78, 5) is 23.3. The first-order chi connectivity index (χ1) is 10.6. The van der Waals surface area contributed by atoms with Crippen LogP contribution in [-0.2, 0) is 9.59 Å². The Morgan fingerprint density at radius 3 is 2.27 bits per heavy atom. The van der Waals surface area contributed by atoms with Crippen LogP contribution in [0.25, 0.3) is 0 Å². The van der Waals surface area contributed by atoms with E-state index in [4.69, 9.17) is 0 Å². The fraction of sp³-hybridized carbons (Fsp3) is 0.125. The molecule has 0 unspecified atom stereocenters. The van der Waals surface area contributed by atoms with Crippen LogP contribution in [0.2, 0.25) is 0 Å². The van der Waals surface area contributed by atoms with E-state index in [1.165, 1.54) is 24.3 Å². The molecule has 0 fully saturated rings. The molecule has 0 aromatic heterocycles. The molecule has 2 amide bonds. The molecule has 0 heterocycles. The number of benzene rings is 2. The van der Waals surface area contributed by atoms with Gasteiger partial charge in [0.2, 0.25) is 0 Å². The minimum absolute atomic E-state index is 0.0836. The molecule has 0 spiro atoms. The monoisotopic (exact) mass is 302 g/mol. The van der Waals surface area contributed by atoms with Crippen molar-refractivity contribution in [1.29, 1.82) is 0 Å². The Morgan fingerprint density at radius 2 is 1.64 bits per heavy atom. The number of carbonyl (C=O) groups excluding carboxylic acids is 2. The second-order valence-electron chi connectivity index (χ2n) is 4.60. The summed E-state index contributed by atoms with van der Waals surface area (Å²) in [5, 5.41) is 14.6. The molecular formula is C16H15FN2O3. The molecule has 0 saturated heterocycles. The fourth-order valence-electron chi connectivity index (χ4n) is 1.78. The molecule has 2 aromatic carbocycles. The average molecular weight is 302 g/mol. The third-order valence-corrected chi connectivity index (χ3v) is 2.95. The van der Waals surface area contributed by atoms with Gasteiger partial charge < -0.3 is 15.7 Å². The highest BCUT2D eigenvalue weighted by molar-refractivity contribution is 6.39. The molecule has 0 radical (unpaired) electrons. The standard InChI is InChI=1S/C16H15FN2O3/c17-12-6-8-13(9-7-12)19-16(22)15(21)18-10-14(20)11-4-2-1-3-5-11/h1-9,14,20H,10H2,(H,18,21)(H,19,22)/t14-/m1/s1. The maximum atomic E-state index is 12.7. The van der Waals surface area contributed by atoms with Crippen molar-refractivity contribution >= 4 is 17.5 Å². The SMILES string of the molecule is O=C(NC[C@@H](O)c1ccccc1)C(=O)Nc1ccc(F)cc1. The number of hydrogen-bond donors (Lipinski definition) is 3. The number of amides is 2. The number of rotatable bonds is 4. The van der Waals surface area contributed by atoms with Crippen LogP contribution in [0.1, 0.15) is 11.7 Å². The lowest BCUT2D eigenvalue weighted by molar-refractivity contribution is -0.136. The molecule has 0 bridgehead atoms. The van der Waals surface area contributed by atoms with Crippen LogP contribution >= 0.6 is 0 Å². The van der Waals surface area contributed by atoms with Crippen LogP contribution in [0, 0.1) is 5.82 Å². The molecule has 114 valence electrons. The zero-order chi connectivity index (χ0) is 15.9. The van der Waals surface area contributed by atoms with Gasteiger partial charge in [-0.1, -0.05) is 30.3 Å². The van der Waals surface area contributed by atoms with Crippen molar-refractivity contribution in [2.75, 3.05) is 11.9 Å². The van der Waals surface area contributed by atoms with Gasteiger partial charge in [0.25, 0.3) is 0 Å². The second kappa shape index (κ2) is 7.33. The summed E-state index contributed by atoms with van der Waals surface area (Å²) in [6.07, 6.45) is -0.899. The summed E-state index contributed by atoms with van der Waals surface area (Å²) in [6.45, 7) is -0.0836. The molecule has 0 saturated carbocycles. The minimum Gasteiger partial charge on any atom is -0.387 e. The molecule has 2 rings (SSSR count). The summed E-state index contributed by atoms with van der Waals surface area (Å²) < 4.78 is 12.7. The number of aliphatic hydroxyl groups is 1. The first-order valence-electron chi connectivity index (χ1n) is 6.64. The highest BCUT2D eigenvalue weighted by Crippen LogP contribution is 2.11. The van der Waals surface area contributed by atoms with Crippen LogP contribution < -0.4 is 10.6 Å². The Bertz CT molecular complexity index is 644. The Morgan fingerprint density at radius 1 is 1.00 bits per heavy atom. The molecule has 0 aliphatic heterocycles. The van der Waals surface area contributed by atoms with Crippen LogP contribution in [0.4, 0.5) is 10.1 Å². The first-order valence-corrected chi connectivity index (χ1v) is 6.64. The predicted molar refractivity (Wildman–Crippen MR) is 79.4 cm³/mol. The highest BCUT2D eigenvalue weighted by Gasteiger charge is 2.15. The Hall–Kier alpha value is -2.73. The molecule has 0 aliphatic carbocycles. The van der Waals surface area contributed by atoms with Gasteiger partial charge in [-0.25, -0.2) is 4.39 Å². The van der Waals surface area contributed by atoms with Crippen LogP contribution in [0.3, 0.4) is 0 Å². The van der Waals surface area contributed by atoms with Gasteiger partial charge in [0.05, 0.1) is 6.10 Å². The van der Waals surface area contributed by atoms with Crippen molar-refractivity contribution in [2.24, 2.45) is 0 Å². The van der Waals surface area contributed by atoms with E-state index in [1.54, 1.807) is 24.3 Å². The number of hydrogen-bond acceptors (Lipinski definition) is 3. The summed E-state index contributed by atoms with van der Waals surface area (Å²) in [7, 11) is 0. The van der Waals surface area contributed by atoms with Crippen molar-refractivity contribution in [3.8, 4) is 0 Å². The zero-order valence-corrected chi connectivity index (χ0v) is 11.6. The summed E-state index contributed by atoms with van der Waals surface area (Å²) in [5.74, 6) is -2.19. The predicted octanol–water partition coefficient (Wildman–Crippen LogP) is 1.61. The molecule has 6 heteroatoms. The van der Waals surface area contributed by atoms with Gasteiger partial charge in [0, 0.05) is 12.2 Å². The van der Waals surface area contributed by atoms with E-state index in [0.29, 0.717) is 11.3 Å². The van der Waals surface area contributed by atoms with Crippen molar-refractivity contribution in [2.45, 2.75) is 6.10 Å². The van der Waals surface area contributed by atoms with E-state index < -0.39 is 23.7 Å². The maximum Gasteiger partial charge on any atom is 0.313 e. The van der Waals surface area contributed by atoms with Gasteiger partial charge in [-0.2, -0.15) is 0 Å². The molecule has 1 atom stereocenters. The average Bonchev–Trinajstić information content (AvgIpc) is 2.55. The van der Waals surface area contributed by atoms with E-state index >= 15 is 0 Å². The number of nitrogens with one attached hydrogen (secondary N) is 2. The van der Waals surface area contributed by atoms with E-state index in [2.05, 4.69) is 10.6 Å². The first kappa shape index (κ1) is 15.7. The van der Waals surface area contributed by atoms with Crippen LogP contribution in [-0.4, -0.2) is 23.5 Å². The van der Waals surface area contributed by atoms with E-state index in [9.17, 15) is 19.1 Å². The Kier molecular flexibility index (Phi) is 5.21. The highest BCUT2D eigenvalue weighted by atomic mass is 19.1. The van der Waals surface area contributed by atoms with Crippen molar-refractivity contribution in [3.63, 3.8) is 0 Å². The smallest absolute Gasteiger partial charge is 0.313 e. The normalized spacial score (nSPS) is 11.5. The van der Waals surface area contributed by atoms with Gasteiger partial charge in [-0.3, -0.25) is 9.59 Å². The van der Waals surface area contributed by atoms with Gasteiger partial charge in [0.15, 0.2) is 0 Å². The quantitative estimate of drug-likeness (QED) is 0.751. The molecule has 2 aromatic rings. The Balaban J connectivity index is 1.84. The van der Waals surface area contributed by atoms with E-state index in [-0.39, 0.29) is 6.54 Å². The van der Waals surface area contributed by atoms with Crippen molar-refractivity contribution in [3.05, 3.63) is 66.0 Å². The van der Waals surface area contributed by atoms with Gasteiger partial charge in [0.1, 0.15) is 5.82 Å². The number of halogens is 1. The second-order valence-corrected chi connectivity index (χ2v) is 4.60.